The number of rotatable bonds is 5. The highest BCUT2D eigenvalue weighted by atomic mass is 35.5. The highest BCUT2D eigenvalue weighted by Crippen LogP contribution is 2.28. The van der Waals surface area contributed by atoms with Crippen molar-refractivity contribution >= 4 is 17.6 Å². The van der Waals surface area contributed by atoms with Crippen LogP contribution in [0.5, 0.6) is 0 Å². The quantitative estimate of drug-likeness (QED) is 0.884. The van der Waals surface area contributed by atoms with Crippen LogP contribution in [0.25, 0.3) is 0 Å². The van der Waals surface area contributed by atoms with E-state index in [9.17, 15) is 14.3 Å². The summed E-state index contributed by atoms with van der Waals surface area (Å²) < 4.78 is 12.9. The van der Waals surface area contributed by atoms with E-state index in [1.807, 2.05) is 13.8 Å². The van der Waals surface area contributed by atoms with Crippen LogP contribution in [0.15, 0.2) is 18.2 Å². The molecule has 94 valence electrons. The lowest BCUT2D eigenvalue weighted by atomic mass is 10.1. The van der Waals surface area contributed by atoms with Crippen molar-refractivity contribution in [3.8, 4) is 0 Å². The van der Waals surface area contributed by atoms with Crippen molar-refractivity contribution in [2.75, 3.05) is 13.1 Å². The van der Waals surface area contributed by atoms with Crippen molar-refractivity contribution in [3.63, 3.8) is 0 Å². The largest absolute Gasteiger partial charge is 0.480 e. The number of benzene rings is 1. The number of aliphatic carboxylic acids is 1. The minimum absolute atomic E-state index is 0.143. The zero-order chi connectivity index (χ0) is 13.0. The molecule has 0 aliphatic carbocycles. The van der Waals surface area contributed by atoms with Crippen LogP contribution in [-0.2, 0) is 4.79 Å². The monoisotopic (exact) mass is 259 g/mol. The van der Waals surface area contributed by atoms with Gasteiger partial charge in [0.25, 0.3) is 0 Å². The molecule has 3 nitrogen and oxygen atoms in total. The Morgan fingerprint density at radius 1 is 1.47 bits per heavy atom. The number of hydrogen-bond acceptors (Lipinski definition) is 2. The van der Waals surface area contributed by atoms with Gasteiger partial charge in [0.1, 0.15) is 11.9 Å². The molecule has 5 heteroatoms. The third kappa shape index (κ3) is 3.17. The Morgan fingerprint density at radius 3 is 2.47 bits per heavy atom. The summed E-state index contributed by atoms with van der Waals surface area (Å²) in [6.07, 6.45) is 0. The van der Waals surface area contributed by atoms with Gasteiger partial charge in [-0.15, -0.1) is 0 Å². The highest BCUT2D eigenvalue weighted by Gasteiger charge is 2.27. The molecule has 0 aliphatic heterocycles. The van der Waals surface area contributed by atoms with Gasteiger partial charge in [-0.1, -0.05) is 31.5 Å². The minimum atomic E-state index is -0.984. The normalized spacial score (nSPS) is 12.8. The predicted octanol–water partition coefficient (Wildman–Crippen LogP) is 2.95. The van der Waals surface area contributed by atoms with E-state index >= 15 is 0 Å². The van der Waals surface area contributed by atoms with Gasteiger partial charge < -0.3 is 5.11 Å². The molecule has 0 saturated heterocycles. The lowest BCUT2D eigenvalue weighted by Crippen LogP contribution is -2.34. The number of carbonyl (C=O) groups is 1. The van der Waals surface area contributed by atoms with Crippen molar-refractivity contribution in [1.29, 1.82) is 0 Å². The Bertz CT molecular complexity index is 407. The Labute approximate surface area is 105 Å². The molecular formula is C12H15ClFNO2. The van der Waals surface area contributed by atoms with E-state index in [1.165, 1.54) is 12.1 Å². The number of nitrogens with zero attached hydrogens (tertiary/aromatic N) is 1. The Hall–Kier alpha value is -1.13. The third-order valence-corrected chi connectivity index (χ3v) is 3.00. The fraction of sp³-hybridized carbons (Fsp3) is 0.417. The van der Waals surface area contributed by atoms with Gasteiger partial charge in [0, 0.05) is 5.02 Å². The molecule has 0 aromatic heterocycles. The van der Waals surface area contributed by atoms with Crippen LogP contribution < -0.4 is 0 Å². The molecule has 1 atom stereocenters. The first-order chi connectivity index (χ1) is 8.01. The second-order valence-electron chi connectivity index (χ2n) is 3.63. The van der Waals surface area contributed by atoms with Crippen molar-refractivity contribution in [3.05, 3.63) is 34.6 Å². The standard InChI is InChI=1S/C12H15ClFNO2/c1-3-15(4-2)11(12(16)17)9-6-5-8(14)7-10(9)13/h5-7,11H,3-4H2,1-2H3,(H,16,17). The summed E-state index contributed by atoms with van der Waals surface area (Å²) in [6, 6.07) is 2.95. The maximum atomic E-state index is 12.9. The van der Waals surface area contributed by atoms with Crippen molar-refractivity contribution in [2.24, 2.45) is 0 Å². The zero-order valence-corrected chi connectivity index (χ0v) is 10.5. The fourth-order valence-electron chi connectivity index (χ4n) is 1.80. The first kappa shape index (κ1) is 13.9. The van der Waals surface area contributed by atoms with E-state index in [1.54, 1.807) is 4.90 Å². The number of carboxylic acids is 1. The van der Waals surface area contributed by atoms with E-state index in [2.05, 4.69) is 0 Å². The van der Waals surface area contributed by atoms with E-state index in [4.69, 9.17) is 11.6 Å². The molecule has 0 radical (unpaired) electrons. The summed E-state index contributed by atoms with van der Waals surface area (Å²) in [5, 5.41) is 9.40. The van der Waals surface area contributed by atoms with Crippen molar-refractivity contribution in [2.45, 2.75) is 19.9 Å². The fourth-order valence-corrected chi connectivity index (χ4v) is 2.07. The summed E-state index contributed by atoms with van der Waals surface area (Å²) in [5.74, 6) is -1.45. The van der Waals surface area contributed by atoms with Gasteiger partial charge in [-0.2, -0.15) is 0 Å². The molecule has 1 aromatic carbocycles. The average Bonchev–Trinajstić information content (AvgIpc) is 2.26. The molecule has 1 aromatic rings. The minimum Gasteiger partial charge on any atom is -0.480 e. The Balaban J connectivity index is 3.18. The van der Waals surface area contributed by atoms with Gasteiger partial charge in [-0.25, -0.2) is 4.39 Å². The number of halogens is 2. The van der Waals surface area contributed by atoms with E-state index in [0.29, 0.717) is 18.7 Å². The molecule has 0 heterocycles. The second kappa shape index (κ2) is 5.98. The number of likely N-dealkylation sites (N-methyl/N-ethyl adjacent to an activating group) is 1. The van der Waals surface area contributed by atoms with Gasteiger partial charge in [-0.05, 0) is 30.8 Å². The summed E-state index contributed by atoms with van der Waals surface area (Å²) in [4.78, 5) is 13.1. The average molecular weight is 260 g/mol. The molecule has 1 unspecified atom stereocenters. The van der Waals surface area contributed by atoms with Crippen LogP contribution in [0.2, 0.25) is 5.02 Å². The summed E-state index contributed by atoms with van der Waals surface area (Å²) in [6.45, 7) is 4.91. The van der Waals surface area contributed by atoms with Crippen LogP contribution in [-0.4, -0.2) is 29.1 Å². The topological polar surface area (TPSA) is 40.5 Å². The maximum absolute atomic E-state index is 12.9. The molecule has 0 fully saturated rings. The molecule has 1 rings (SSSR count). The van der Waals surface area contributed by atoms with Gasteiger partial charge in [0.15, 0.2) is 0 Å². The van der Waals surface area contributed by atoms with Crippen LogP contribution in [0, 0.1) is 5.82 Å². The van der Waals surface area contributed by atoms with Crippen LogP contribution in [0.3, 0.4) is 0 Å². The smallest absolute Gasteiger partial charge is 0.325 e. The number of carboxylic acid groups (broad SMARTS) is 1. The van der Waals surface area contributed by atoms with Crippen molar-refractivity contribution < 1.29 is 14.3 Å². The Kier molecular flexibility index (Phi) is 4.90. The summed E-state index contributed by atoms with van der Waals surface area (Å²) in [5.41, 5.74) is 0.421. The molecular weight excluding hydrogens is 245 g/mol. The molecule has 0 bridgehead atoms. The molecule has 0 aliphatic rings. The van der Waals surface area contributed by atoms with Gasteiger partial charge in [0.2, 0.25) is 0 Å². The predicted molar refractivity (Wildman–Crippen MR) is 64.7 cm³/mol. The molecule has 0 amide bonds. The van der Waals surface area contributed by atoms with Gasteiger partial charge >= 0.3 is 5.97 Å². The van der Waals surface area contributed by atoms with E-state index < -0.39 is 17.8 Å². The van der Waals surface area contributed by atoms with Crippen molar-refractivity contribution in [1.82, 2.24) is 4.90 Å². The second-order valence-corrected chi connectivity index (χ2v) is 4.04. The Morgan fingerprint density at radius 2 is 2.06 bits per heavy atom. The highest BCUT2D eigenvalue weighted by molar-refractivity contribution is 6.31. The van der Waals surface area contributed by atoms with E-state index in [-0.39, 0.29) is 5.02 Å². The van der Waals surface area contributed by atoms with Crippen LogP contribution >= 0.6 is 11.6 Å². The molecule has 17 heavy (non-hydrogen) atoms. The van der Waals surface area contributed by atoms with Gasteiger partial charge in [-0.3, -0.25) is 9.69 Å². The lowest BCUT2D eigenvalue weighted by Gasteiger charge is -2.27. The van der Waals surface area contributed by atoms with Crippen LogP contribution in [0.1, 0.15) is 25.5 Å². The van der Waals surface area contributed by atoms with Gasteiger partial charge in [0.05, 0.1) is 0 Å². The third-order valence-electron chi connectivity index (χ3n) is 2.67. The first-order valence-corrected chi connectivity index (χ1v) is 5.80. The summed E-state index contributed by atoms with van der Waals surface area (Å²) >= 11 is 5.90. The van der Waals surface area contributed by atoms with Crippen LogP contribution in [0.4, 0.5) is 4.39 Å². The molecule has 1 N–H and O–H groups in total. The SMILES string of the molecule is CCN(CC)C(C(=O)O)c1ccc(F)cc1Cl. The number of hydrogen-bond donors (Lipinski definition) is 1. The molecule has 0 saturated carbocycles. The lowest BCUT2D eigenvalue weighted by molar-refractivity contribution is -0.143. The van der Waals surface area contributed by atoms with E-state index in [0.717, 1.165) is 6.07 Å². The molecule has 0 spiro atoms. The zero-order valence-electron chi connectivity index (χ0n) is 9.78. The summed E-state index contributed by atoms with van der Waals surface area (Å²) in [7, 11) is 0. The first-order valence-electron chi connectivity index (χ1n) is 5.43. The maximum Gasteiger partial charge on any atom is 0.325 e.